The number of sulfonamides is 1. The summed E-state index contributed by atoms with van der Waals surface area (Å²) in [6.45, 7) is 5.40. The lowest BCUT2D eigenvalue weighted by atomic mass is 10.1. The zero-order valence-electron chi connectivity index (χ0n) is 20.7. The van der Waals surface area contributed by atoms with Crippen LogP contribution in [0.5, 0.6) is 5.75 Å². The molecule has 198 valence electrons. The van der Waals surface area contributed by atoms with Crippen LogP contribution in [0.2, 0.25) is 0 Å². The smallest absolute Gasteiger partial charge is 0.265 e. The average Bonchev–Trinajstić information content (AvgIpc) is 2.93. The van der Waals surface area contributed by atoms with Crippen molar-refractivity contribution in [1.29, 1.82) is 0 Å². The molecule has 0 aliphatic carbocycles. The lowest BCUT2D eigenvalue weighted by molar-refractivity contribution is -0.121. The van der Waals surface area contributed by atoms with Crippen LogP contribution < -0.4 is 15.0 Å². The van der Waals surface area contributed by atoms with Gasteiger partial charge in [0.1, 0.15) is 5.75 Å². The summed E-state index contributed by atoms with van der Waals surface area (Å²) in [6.07, 6.45) is 2.77. The van der Waals surface area contributed by atoms with Crippen molar-refractivity contribution in [3.63, 3.8) is 0 Å². The predicted molar refractivity (Wildman–Crippen MR) is 139 cm³/mol. The molecular formula is C26H32N4O6S. The molecule has 1 N–H and O–H groups in total. The van der Waals surface area contributed by atoms with Gasteiger partial charge in [0.15, 0.2) is 6.61 Å². The zero-order chi connectivity index (χ0) is 25.8. The highest BCUT2D eigenvalue weighted by atomic mass is 32.2. The van der Waals surface area contributed by atoms with Crippen molar-refractivity contribution in [2.75, 3.05) is 69.3 Å². The molecule has 0 atom stereocenters. The molecule has 3 aliphatic heterocycles. The fourth-order valence-electron chi connectivity index (χ4n) is 4.83. The second kappa shape index (κ2) is 11.2. The maximum Gasteiger partial charge on any atom is 0.265 e. The van der Waals surface area contributed by atoms with Gasteiger partial charge < -0.3 is 19.7 Å². The third kappa shape index (κ3) is 5.80. The lowest BCUT2D eigenvalue weighted by Crippen LogP contribution is -2.45. The molecule has 3 heterocycles. The first-order chi connectivity index (χ1) is 17.9. The van der Waals surface area contributed by atoms with Gasteiger partial charge in [-0.1, -0.05) is 6.42 Å². The summed E-state index contributed by atoms with van der Waals surface area (Å²) < 4.78 is 38.3. The van der Waals surface area contributed by atoms with Crippen molar-refractivity contribution < 1.29 is 27.5 Å². The quantitative estimate of drug-likeness (QED) is 0.587. The number of nitrogens with one attached hydrogen (secondary N) is 1. The van der Waals surface area contributed by atoms with Gasteiger partial charge in [-0.2, -0.15) is 4.31 Å². The number of nitrogens with zero attached hydrogens (tertiary/aromatic N) is 3. The number of anilines is 2. The number of carbonyl (C=O) groups excluding carboxylic acids is 2. The third-order valence-corrected chi connectivity index (χ3v) is 8.89. The minimum Gasteiger partial charge on any atom is -0.481 e. The molecule has 0 aromatic heterocycles. The van der Waals surface area contributed by atoms with E-state index in [1.807, 2.05) is 0 Å². The molecular weight excluding hydrogens is 496 g/mol. The van der Waals surface area contributed by atoms with Crippen molar-refractivity contribution in [2.45, 2.75) is 24.2 Å². The molecule has 0 spiro atoms. The maximum atomic E-state index is 12.9. The Labute approximate surface area is 217 Å². The summed E-state index contributed by atoms with van der Waals surface area (Å²) in [5.41, 5.74) is 1.55. The molecule has 2 aromatic carbocycles. The molecule has 37 heavy (non-hydrogen) atoms. The molecule has 10 nitrogen and oxygen atoms in total. The first kappa shape index (κ1) is 25.7. The second-order valence-electron chi connectivity index (χ2n) is 9.41. The highest BCUT2D eigenvalue weighted by molar-refractivity contribution is 7.89. The lowest BCUT2D eigenvalue weighted by Gasteiger charge is -2.33. The number of ether oxygens (including phenoxy) is 2. The zero-order valence-corrected chi connectivity index (χ0v) is 21.5. The van der Waals surface area contributed by atoms with Gasteiger partial charge in [-0.25, -0.2) is 8.42 Å². The van der Waals surface area contributed by atoms with Crippen LogP contribution in [-0.4, -0.2) is 88.5 Å². The van der Waals surface area contributed by atoms with Gasteiger partial charge in [-0.15, -0.1) is 0 Å². The Bertz CT molecular complexity index is 1240. The fourth-order valence-corrected chi connectivity index (χ4v) is 6.35. The van der Waals surface area contributed by atoms with E-state index in [1.165, 1.54) is 28.6 Å². The molecule has 5 rings (SSSR count). The van der Waals surface area contributed by atoms with E-state index in [0.29, 0.717) is 55.5 Å². The van der Waals surface area contributed by atoms with Crippen LogP contribution in [0, 0.1) is 0 Å². The van der Waals surface area contributed by atoms with E-state index in [0.717, 1.165) is 38.9 Å². The van der Waals surface area contributed by atoms with E-state index in [4.69, 9.17) is 9.47 Å². The minimum absolute atomic E-state index is 0.0551. The van der Waals surface area contributed by atoms with Crippen molar-refractivity contribution in [1.82, 2.24) is 9.21 Å². The standard InChI is InChI=1S/C26H32N4O6S/c31-25-19-36-24-18-21(6-9-23(24)30(25)13-12-28-14-16-35-17-15-28)27-26(32)20-4-7-22(8-5-20)37(33,34)29-10-2-1-3-11-29/h4-9,18H,1-3,10-17,19H2,(H,27,32). The first-order valence-corrected chi connectivity index (χ1v) is 14.1. The Morgan fingerprint density at radius 1 is 0.919 bits per heavy atom. The average molecular weight is 529 g/mol. The van der Waals surface area contributed by atoms with E-state index in [2.05, 4.69) is 10.2 Å². The summed E-state index contributed by atoms with van der Waals surface area (Å²) in [7, 11) is -3.55. The predicted octanol–water partition coefficient (Wildman–Crippen LogP) is 2.17. The van der Waals surface area contributed by atoms with Gasteiger partial charge in [0, 0.05) is 56.6 Å². The molecule has 3 aliphatic rings. The van der Waals surface area contributed by atoms with Crippen LogP contribution >= 0.6 is 0 Å². The summed E-state index contributed by atoms with van der Waals surface area (Å²) in [6, 6.07) is 11.2. The number of fused-ring (bicyclic) bond motifs is 1. The van der Waals surface area contributed by atoms with Crippen molar-refractivity contribution in [3.05, 3.63) is 48.0 Å². The molecule has 2 fully saturated rings. The molecule has 0 saturated carbocycles. The topological polar surface area (TPSA) is 108 Å². The monoisotopic (exact) mass is 528 g/mol. The van der Waals surface area contributed by atoms with Crippen LogP contribution in [0.4, 0.5) is 11.4 Å². The number of morpholine rings is 1. The molecule has 11 heteroatoms. The number of hydrogen-bond donors (Lipinski definition) is 1. The van der Waals surface area contributed by atoms with Crippen LogP contribution in [0.1, 0.15) is 29.6 Å². The summed E-state index contributed by atoms with van der Waals surface area (Å²) in [5, 5.41) is 2.84. The van der Waals surface area contributed by atoms with E-state index < -0.39 is 10.0 Å². The van der Waals surface area contributed by atoms with Crippen molar-refractivity contribution >= 4 is 33.2 Å². The summed E-state index contributed by atoms with van der Waals surface area (Å²) in [4.78, 5) is 29.5. The molecule has 0 unspecified atom stereocenters. The van der Waals surface area contributed by atoms with Gasteiger partial charge in [-0.3, -0.25) is 14.5 Å². The van der Waals surface area contributed by atoms with Gasteiger partial charge in [0.25, 0.3) is 11.8 Å². The maximum absolute atomic E-state index is 12.9. The SMILES string of the molecule is O=C(Nc1ccc2c(c1)OCC(=O)N2CCN1CCOCC1)c1ccc(S(=O)(=O)N2CCCCC2)cc1. The summed E-state index contributed by atoms with van der Waals surface area (Å²) in [5.74, 6) is 0.0671. The Balaban J connectivity index is 1.24. The van der Waals surface area contributed by atoms with Gasteiger partial charge in [0.05, 0.1) is 23.8 Å². The van der Waals surface area contributed by atoms with Crippen LogP contribution in [0.3, 0.4) is 0 Å². The number of carbonyl (C=O) groups is 2. The van der Waals surface area contributed by atoms with E-state index >= 15 is 0 Å². The van der Waals surface area contributed by atoms with Gasteiger partial charge in [-0.05, 0) is 49.2 Å². The van der Waals surface area contributed by atoms with Gasteiger partial charge >= 0.3 is 0 Å². The molecule has 0 bridgehead atoms. The number of benzene rings is 2. The molecule has 2 amide bonds. The van der Waals surface area contributed by atoms with E-state index in [-0.39, 0.29) is 23.3 Å². The first-order valence-electron chi connectivity index (χ1n) is 12.7. The van der Waals surface area contributed by atoms with Crippen LogP contribution in [0.25, 0.3) is 0 Å². The minimum atomic E-state index is -3.55. The third-order valence-electron chi connectivity index (χ3n) is 6.97. The normalized spacial score (nSPS) is 19.2. The van der Waals surface area contributed by atoms with Gasteiger partial charge in [0.2, 0.25) is 10.0 Å². The van der Waals surface area contributed by atoms with E-state index in [1.54, 1.807) is 23.1 Å². The highest BCUT2D eigenvalue weighted by Gasteiger charge is 2.28. The Morgan fingerprint density at radius 3 is 2.38 bits per heavy atom. The second-order valence-corrected chi connectivity index (χ2v) is 11.4. The number of amides is 2. The molecule has 0 radical (unpaired) electrons. The number of rotatable bonds is 7. The fraction of sp³-hybridized carbons (Fsp3) is 0.462. The number of piperidine rings is 1. The van der Waals surface area contributed by atoms with Crippen LogP contribution in [-0.2, 0) is 19.6 Å². The largest absolute Gasteiger partial charge is 0.481 e. The van der Waals surface area contributed by atoms with Crippen molar-refractivity contribution in [2.24, 2.45) is 0 Å². The number of hydrogen-bond acceptors (Lipinski definition) is 7. The van der Waals surface area contributed by atoms with Crippen molar-refractivity contribution in [3.8, 4) is 5.75 Å². The molecule has 2 aromatic rings. The highest BCUT2D eigenvalue weighted by Crippen LogP contribution is 2.34. The van der Waals surface area contributed by atoms with Crippen LogP contribution in [0.15, 0.2) is 47.4 Å². The Hall–Kier alpha value is -2.99. The Kier molecular flexibility index (Phi) is 7.75. The summed E-state index contributed by atoms with van der Waals surface area (Å²) >= 11 is 0. The molecule has 2 saturated heterocycles. The Morgan fingerprint density at radius 2 is 1.65 bits per heavy atom. The van der Waals surface area contributed by atoms with E-state index in [9.17, 15) is 18.0 Å².